The van der Waals surface area contributed by atoms with Crippen LogP contribution < -0.4 is 5.32 Å². The maximum Gasteiger partial charge on any atom is 0.335 e. The highest BCUT2D eigenvalue weighted by Crippen LogP contribution is 2.23. The molecule has 0 bridgehead atoms. The first-order chi connectivity index (χ1) is 9.47. The minimum absolute atomic E-state index is 0.150. The summed E-state index contributed by atoms with van der Waals surface area (Å²) in [6.07, 6.45) is 0. The van der Waals surface area contributed by atoms with E-state index in [0.717, 1.165) is 0 Å². The highest BCUT2D eigenvalue weighted by molar-refractivity contribution is 6.42. The van der Waals surface area contributed by atoms with Crippen molar-refractivity contribution < 1.29 is 14.7 Å². The van der Waals surface area contributed by atoms with Gasteiger partial charge in [-0.1, -0.05) is 23.2 Å². The monoisotopic (exact) mass is 309 g/mol. The number of nitrogens with one attached hydrogen (secondary N) is 1. The molecule has 0 saturated carbocycles. The lowest BCUT2D eigenvalue weighted by molar-refractivity contribution is 0.0696. The molecule has 0 atom stereocenters. The Kier molecular flexibility index (Phi) is 4.27. The zero-order valence-corrected chi connectivity index (χ0v) is 11.6. The Bertz CT molecular complexity index is 669. The van der Waals surface area contributed by atoms with Crippen LogP contribution in [0.3, 0.4) is 0 Å². The van der Waals surface area contributed by atoms with Gasteiger partial charge in [0.25, 0.3) is 5.91 Å². The van der Waals surface area contributed by atoms with Gasteiger partial charge in [-0.3, -0.25) is 4.79 Å². The van der Waals surface area contributed by atoms with Crippen LogP contribution in [0.2, 0.25) is 10.0 Å². The Morgan fingerprint density at radius 1 is 0.900 bits per heavy atom. The predicted molar refractivity (Wildman–Crippen MR) is 77.8 cm³/mol. The van der Waals surface area contributed by atoms with Crippen LogP contribution in [0.1, 0.15) is 20.7 Å². The van der Waals surface area contributed by atoms with Crippen LogP contribution in [0.15, 0.2) is 42.5 Å². The number of carbonyl (C=O) groups excluding carboxylic acids is 1. The van der Waals surface area contributed by atoms with Crippen molar-refractivity contribution in [1.82, 2.24) is 0 Å². The second-order valence-corrected chi connectivity index (χ2v) is 4.78. The molecule has 102 valence electrons. The van der Waals surface area contributed by atoms with E-state index in [-0.39, 0.29) is 11.5 Å². The average Bonchev–Trinajstić information content (AvgIpc) is 2.42. The molecule has 0 saturated heterocycles. The summed E-state index contributed by atoms with van der Waals surface area (Å²) in [5, 5.41) is 12.1. The van der Waals surface area contributed by atoms with E-state index in [9.17, 15) is 9.59 Å². The van der Waals surface area contributed by atoms with Gasteiger partial charge in [-0.2, -0.15) is 0 Å². The van der Waals surface area contributed by atoms with Crippen molar-refractivity contribution in [2.45, 2.75) is 0 Å². The van der Waals surface area contributed by atoms with E-state index in [2.05, 4.69) is 5.32 Å². The zero-order valence-electron chi connectivity index (χ0n) is 10.1. The Morgan fingerprint density at radius 3 is 2.05 bits per heavy atom. The van der Waals surface area contributed by atoms with Crippen LogP contribution in [-0.2, 0) is 0 Å². The molecule has 2 aromatic rings. The van der Waals surface area contributed by atoms with E-state index in [0.29, 0.717) is 21.3 Å². The molecule has 2 aromatic carbocycles. The van der Waals surface area contributed by atoms with Crippen LogP contribution in [0.4, 0.5) is 5.69 Å². The van der Waals surface area contributed by atoms with Crippen molar-refractivity contribution >= 4 is 40.8 Å². The lowest BCUT2D eigenvalue weighted by Crippen LogP contribution is -2.12. The molecular weight excluding hydrogens is 301 g/mol. The topological polar surface area (TPSA) is 66.4 Å². The third-order valence-electron chi connectivity index (χ3n) is 2.57. The fraction of sp³-hybridized carbons (Fsp3) is 0. The predicted octanol–water partition coefficient (Wildman–Crippen LogP) is 3.94. The molecule has 0 aliphatic carbocycles. The molecule has 1 amide bonds. The molecule has 0 unspecified atom stereocenters. The quantitative estimate of drug-likeness (QED) is 0.902. The number of benzene rings is 2. The van der Waals surface area contributed by atoms with Crippen molar-refractivity contribution in [3.63, 3.8) is 0 Å². The molecule has 0 aromatic heterocycles. The van der Waals surface area contributed by atoms with Crippen molar-refractivity contribution in [2.75, 3.05) is 5.32 Å². The summed E-state index contributed by atoms with van der Waals surface area (Å²) >= 11 is 11.6. The molecule has 0 fully saturated rings. The van der Waals surface area contributed by atoms with Crippen molar-refractivity contribution in [3.05, 3.63) is 63.6 Å². The fourth-order valence-electron chi connectivity index (χ4n) is 1.54. The lowest BCUT2D eigenvalue weighted by atomic mass is 10.2. The molecule has 0 radical (unpaired) electrons. The lowest BCUT2D eigenvalue weighted by Gasteiger charge is -2.06. The molecule has 4 nitrogen and oxygen atoms in total. The average molecular weight is 310 g/mol. The number of halogens is 2. The van der Waals surface area contributed by atoms with Gasteiger partial charge in [-0.25, -0.2) is 4.79 Å². The largest absolute Gasteiger partial charge is 0.478 e. The highest BCUT2D eigenvalue weighted by atomic mass is 35.5. The standard InChI is InChI=1S/C14H9Cl2NO3/c15-11-6-3-9(7-12(11)16)13(18)17-10-4-1-8(2-5-10)14(19)20/h1-7H,(H,17,18)(H,19,20). The maximum absolute atomic E-state index is 12.0. The van der Waals surface area contributed by atoms with E-state index in [1.807, 2.05) is 0 Å². The number of anilines is 1. The molecule has 20 heavy (non-hydrogen) atoms. The molecule has 2 rings (SSSR count). The number of hydrogen-bond acceptors (Lipinski definition) is 2. The molecule has 0 spiro atoms. The van der Waals surface area contributed by atoms with E-state index < -0.39 is 5.97 Å². The maximum atomic E-state index is 12.0. The minimum atomic E-state index is -1.02. The number of carboxylic acid groups (broad SMARTS) is 1. The zero-order chi connectivity index (χ0) is 14.7. The van der Waals surface area contributed by atoms with Crippen molar-refractivity contribution in [2.24, 2.45) is 0 Å². The summed E-state index contributed by atoms with van der Waals surface area (Å²) in [6.45, 7) is 0. The van der Waals surface area contributed by atoms with E-state index in [4.69, 9.17) is 28.3 Å². The van der Waals surface area contributed by atoms with Crippen LogP contribution >= 0.6 is 23.2 Å². The molecule has 0 aliphatic heterocycles. The second-order valence-electron chi connectivity index (χ2n) is 3.97. The first-order valence-corrected chi connectivity index (χ1v) is 6.33. The van der Waals surface area contributed by atoms with Gasteiger partial charge in [0.1, 0.15) is 0 Å². The Hall–Kier alpha value is -2.04. The summed E-state index contributed by atoms with van der Waals surface area (Å²) in [4.78, 5) is 22.7. The van der Waals surface area contributed by atoms with Gasteiger partial charge >= 0.3 is 5.97 Å². The SMILES string of the molecule is O=C(O)c1ccc(NC(=O)c2ccc(Cl)c(Cl)c2)cc1. The van der Waals surface area contributed by atoms with Gasteiger partial charge in [0.15, 0.2) is 0 Å². The van der Waals surface area contributed by atoms with Gasteiger partial charge in [0.2, 0.25) is 0 Å². The normalized spacial score (nSPS) is 10.1. The van der Waals surface area contributed by atoms with E-state index in [1.165, 1.54) is 36.4 Å². The third kappa shape index (κ3) is 3.29. The van der Waals surface area contributed by atoms with Gasteiger partial charge in [-0.15, -0.1) is 0 Å². The summed E-state index contributed by atoms with van der Waals surface area (Å²) in [5.41, 5.74) is 1.00. The van der Waals surface area contributed by atoms with Gasteiger partial charge in [0, 0.05) is 11.3 Å². The van der Waals surface area contributed by atoms with Crippen LogP contribution in [0.5, 0.6) is 0 Å². The first-order valence-electron chi connectivity index (χ1n) is 5.57. The summed E-state index contributed by atoms with van der Waals surface area (Å²) in [6, 6.07) is 10.4. The smallest absolute Gasteiger partial charge is 0.335 e. The summed E-state index contributed by atoms with van der Waals surface area (Å²) < 4.78 is 0. The Labute approximate surface area is 124 Å². The number of carboxylic acids is 1. The molecule has 6 heteroatoms. The van der Waals surface area contributed by atoms with E-state index >= 15 is 0 Å². The number of rotatable bonds is 3. The molecule has 0 aliphatic rings. The number of amides is 1. The minimum Gasteiger partial charge on any atom is -0.478 e. The van der Waals surface area contributed by atoms with Gasteiger partial charge in [-0.05, 0) is 42.5 Å². The van der Waals surface area contributed by atoms with E-state index in [1.54, 1.807) is 6.07 Å². The fourth-order valence-corrected chi connectivity index (χ4v) is 1.83. The third-order valence-corrected chi connectivity index (χ3v) is 3.31. The van der Waals surface area contributed by atoms with Crippen molar-refractivity contribution in [3.8, 4) is 0 Å². The highest BCUT2D eigenvalue weighted by Gasteiger charge is 2.09. The van der Waals surface area contributed by atoms with Crippen LogP contribution in [-0.4, -0.2) is 17.0 Å². The number of aromatic carboxylic acids is 1. The molecule has 2 N–H and O–H groups in total. The summed E-state index contributed by atoms with van der Waals surface area (Å²) in [5.74, 6) is -1.38. The van der Waals surface area contributed by atoms with Crippen molar-refractivity contribution in [1.29, 1.82) is 0 Å². The van der Waals surface area contributed by atoms with Crippen LogP contribution in [0, 0.1) is 0 Å². The Balaban J connectivity index is 2.14. The second kappa shape index (κ2) is 5.94. The van der Waals surface area contributed by atoms with Crippen LogP contribution in [0.25, 0.3) is 0 Å². The molecule has 0 heterocycles. The number of carbonyl (C=O) groups is 2. The number of hydrogen-bond donors (Lipinski definition) is 2. The summed E-state index contributed by atoms with van der Waals surface area (Å²) in [7, 11) is 0. The molecular formula is C14H9Cl2NO3. The van der Waals surface area contributed by atoms with Gasteiger partial charge in [0.05, 0.1) is 15.6 Å². The van der Waals surface area contributed by atoms with Gasteiger partial charge < -0.3 is 10.4 Å². The Morgan fingerprint density at radius 2 is 1.50 bits per heavy atom. The first kappa shape index (κ1) is 14.4.